The summed E-state index contributed by atoms with van der Waals surface area (Å²) in [6.07, 6.45) is 5.49. The fourth-order valence-electron chi connectivity index (χ4n) is 3.92. The van der Waals surface area contributed by atoms with Crippen molar-refractivity contribution in [1.82, 2.24) is 20.0 Å². The maximum Gasteiger partial charge on any atom is 0.254 e. The van der Waals surface area contributed by atoms with Gasteiger partial charge in [0.1, 0.15) is 11.5 Å². The number of nitrogens with zero attached hydrogens (tertiary/aromatic N) is 3. The number of amides is 1. The van der Waals surface area contributed by atoms with Crippen LogP contribution in [-0.4, -0.2) is 51.9 Å². The number of hydrogen-bond donors (Lipinski definition) is 1. The van der Waals surface area contributed by atoms with Gasteiger partial charge in [0.2, 0.25) is 0 Å². The molecule has 2 saturated heterocycles. The Hall–Kier alpha value is -2.12. The molecule has 4 heterocycles. The number of carbonyl (C=O) groups is 1. The van der Waals surface area contributed by atoms with Gasteiger partial charge in [-0.2, -0.15) is 5.10 Å². The standard InChI is InChI=1S/C18H24N4O3/c1-12-5-6-14(25-12)10-22-11-15(17-16(22)4-3-7-24-17)20-18(23)13-8-19-21(2)9-13/h5-6,8-9,15-17H,3-4,7,10-11H2,1-2H3,(H,20,23)/t15-,16+,17+/m1/s1. The molecule has 25 heavy (non-hydrogen) atoms. The van der Waals surface area contributed by atoms with E-state index in [0.717, 1.165) is 44.1 Å². The minimum absolute atomic E-state index is 0.0194. The minimum atomic E-state index is -0.0956. The van der Waals surface area contributed by atoms with E-state index in [0.29, 0.717) is 11.6 Å². The third kappa shape index (κ3) is 3.34. The molecule has 0 aliphatic carbocycles. The summed E-state index contributed by atoms with van der Waals surface area (Å²) in [6.45, 7) is 4.23. The van der Waals surface area contributed by atoms with Crippen LogP contribution in [0.15, 0.2) is 28.9 Å². The second kappa shape index (κ2) is 6.65. The van der Waals surface area contributed by atoms with Crippen molar-refractivity contribution in [1.29, 1.82) is 0 Å². The number of hydrogen-bond acceptors (Lipinski definition) is 5. The lowest BCUT2D eigenvalue weighted by Crippen LogP contribution is -2.47. The fourth-order valence-corrected chi connectivity index (χ4v) is 3.92. The van der Waals surface area contributed by atoms with E-state index in [2.05, 4.69) is 15.3 Å². The third-order valence-electron chi connectivity index (χ3n) is 5.07. The van der Waals surface area contributed by atoms with E-state index in [1.54, 1.807) is 24.1 Å². The van der Waals surface area contributed by atoms with Crippen LogP contribution in [0.3, 0.4) is 0 Å². The van der Waals surface area contributed by atoms with Gasteiger partial charge in [0.05, 0.1) is 30.5 Å². The molecule has 1 N–H and O–H groups in total. The molecule has 0 radical (unpaired) electrons. The fraction of sp³-hybridized carbons (Fsp3) is 0.556. The van der Waals surface area contributed by atoms with Crippen molar-refractivity contribution >= 4 is 5.91 Å². The number of nitrogens with one attached hydrogen (secondary N) is 1. The topological polar surface area (TPSA) is 72.5 Å². The maximum atomic E-state index is 12.5. The lowest BCUT2D eigenvalue weighted by Gasteiger charge is -2.32. The third-order valence-corrected chi connectivity index (χ3v) is 5.07. The molecule has 2 aromatic heterocycles. The highest BCUT2D eigenvalue weighted by atomic mass is 16.5. The van der Waals surface area contributed by atoms with Crippen LogP contribution in [0.25, 0.3) is 0 Å². The van der Waals surface area contributed by atoms with E-state index in [9.17, 15) is 4.79 Å². The van der Waals surface area contributed by atoms with E-state index in [1.165, 1.54) is 0 Å². The molecule has 0 aromatic carbocycles. The molecule has 0 saturated carbocycles. The summed E-state index contributed by atoms with van der Waals surface area (Å²) in [5.74, 6) is 1.79. The van der Waals surface area contributed by atoms with Crippen LogP contribution in [0.5, 0.6) is 0 Å². The Bertz CT molecular complexity index is 753. The van der Waals surface area contributed by atoms with Gasteiger partial charge in [-0.25, -0.2) is 0 Å². The van der Waals surface area contributed by atoms with Crippen molar-refractivity contribution in [3.8, 4) is 0 Å². The summed E-state index contributed by atoms with van der Waals surface area (Å²) in [5, 5.41) is 7.21. The zero-order valence-electron chi connectivity index (χ0n) is 14.6. The van der Waals surface area contributed by atoms with Crippen molar-refractivity contribution in [2.75, 3.05) is 13.2 Å². The Balaban J connectivity index is 1.47. The summed E-state index contributed by atoms with van der Waals surface area (Å²) in [5.41, 5.74) is 0.579. The number of likely N-dealkylation sites (tertiary alicyclic amines) is 1. The van der Waals surface area contributed by atoms with E-state index in [4.69, 9.17) is 9.15 Å². The Morgan fingerprint density at radius 2 is 2.32 bits per heavy atom. The maximum absolute atomic E-state index is 12.5. The molecule has 0 bridgehead atoms. The van der Waals surface area contributed by atoms with Crippen LogP contribution in [0, 0.1) is 6.92 Å². The largest absolute Gasteiger partial charge is 0.465 e. The minimum Gasteiger partial charge on any atom is -0.465 e. The zero-order chi connectivity index (χ0) is 17.4. The van der Waals surface area contributed by atoms with Crippen molar-refractivity contribution in [3.63, 3.8) is 0 Å². The van der Waals surface area contributed by atoms with Crippen molar-refractivity contribution in [3.05, 3.63) is 41.6 Å². The van der Waals surface area contributed by atoms with E-state index < -0.39 is 0 Å². The molecule has 2 aromatic rings. The summed E-state index contributed by atoms with van der Waals surface area (Å²) in [6, 6.07) is 4.31. The van der Waals surface area contributed by atoms with Gasteiger partial charge in [0.15, 0.2) is 0 Å². The van der Waals surface area contributed by atoms with Gasteiger partial charge >= 0.3 is 0 Å². The second-order valence-corrected chi connectivity index (χ2v) is 6.97. The first-order valence-electron chi connectivity index (χ1n) is 8.80. The summed E-state index contributed by atoms with van der Waals surface area (Å²) in [7, 11) is 1.81. The van der Waals surface area contributed by atoms with E-state index in [1.807, 2.05) is 19.1 Å². The molecule has 134 valence electrons. The van der Waals surface area contributed by atoms with Crippen molar-refractivity contribution in [2.45, 2.75) is 44.5 Å². The molecule has 2 aliphatic heterocycles. The first-order chi connectivity index (χ1) is 12.1. The van der Waals surface area contributed by atoms with Gasteiger partial charge in [-0.1, -0.05) is 0 Å². The number of fused-ring (bicyclic) bond motifs is 1. The highest BCUT2D eigenvalue weighted by Gasteiger charge is 2.44. The lowest BCUT2D eigenvalue weighted by atomic mass is 10.0. The molecule has 7 heteroatoms. The van der Waals surface area contributed by atoms with Gasteiger partial charge in [-0.15, -0.1) is 0 Å². The van der Waals surface area contributed by atoms with Crippen LogP contribution in [-0.2, 0) is 18.3 Å². The van der Waals surface area contributed by atoms with Gasteiger partial charge < -0.3 is 14.5 Å². The highest BCUT2D eigenvalue weighted by molar-refractivity contribution is 5.93. The lowest BCUT2D eigenvalue weighted by molar-refractivity contribution is -0.0219. The molecule has 1 amide bonds. The summed E-state index contributed by atoms with van der Waals surface area (Å²) in [4.78, 5) is 14.9. The Labute approximate surface area is 146 Å². The number of carbonyl (C=O) groups excluding carboxylic acids is 1. The zero-order valence-corrected chi connectivity index (χ0v) is 14.6. The summed E-state index contributed by atoms with van der Waals surface area (Å²) < 4.78 is 13.4. The number of furan rings is 1. The number of aromatic nitrogens is 2. The van der Waals surface area contributed by atoms with E-state index >= 15 is 0 Å². The van der Waals surface area contributed by atoms with Gasteiger partial charge in [-0.3, -0.25) is 14.4 Å². The van der Waals surface area contributed by atoms with Crippen LogP contribution in [0.4, 0.5) is 0 Å². The molecule has 2 aliphatic rings. The normalized spacial score (nSPS) is 26.6. The SMILES string of the molecule is Cc1ccc(CN2C[C@@H](NC(=O)c3cnn(C)c3)[C@@H]3OCCC[C@@H]32)o1. The van der Waals surface area contributed by atoms with Crippen molar-refractivity contribution in [2.24, 2.45) is 7.05 Å². The van der Waals surface area contributed by atoms with Crippen LogP contribution >= 0.6 is 0 Å². The van der Waals surface area contributed by atoms with Crippen LogP contribution in [0.1, 0.15) is 34.7 Å². The van der Waals surface area contributed by atoms with Gasteiger partial charge in [-0.05, 0) is 31.9 Å². The first kappa shape index (κ1) is 16.4. The highest BCUT2D eigenvalue weighted by Crippen LogP contribution is 2.30. The average Bonchev–Trinajstić information content (AvgIpc) is 3.29. The predicted octanol–water partition coefficient (Wildman–Crippen LogP) is 1.48. The van der Waals surface area contributed by atoms with Crippen LogP contribution in [0.2, 0.25) is 0 Å². The second-order valence-electron chi connectivity index (χ2n) is 6.97. The quantitative estimate of drug-likeness (QED) is 0.910. The van der Waals surface area contributed by atoms with Crippen molar-refractivity contribution < 1.29 is 13.9 Å². The molecule has 3 atom stereocenters. The molecular formula is C18H24N4O3. The first-order valence-corrected chi connectivity index (χ1v) is 8.80. The Kier molecular flexibility index (Phi) is 4.35. The van der Waals surface area contributed by atoms with Gasteiger partial charge in [0.25, 0.3) is 5.91 Å². The molecule has 0 spiro atoms. The molecule has 4 rings (SSSR count). The number of aryl methyl sites for hydroxylation is 2. The van der Waals surface area contributed by atoms with Crippen LogP contribution < -0.4 is 5.32 Å². The van der Waals surface area contributed by atoms with Gasteiger partial charge in [0, 0.05) is 32.4 Å². The predicted molar refractivity (Wildman–Crippen MR) is 91.1 cm³/mol. The number of ether oxygens (including phenoxy) is 1. The Morgan fingerprint density at radius 1 is 1.44 bits per heavy atom. The molecular weight excluding hydrogens is 320 g/mol. The monoisotopic (exact) mass is 344 g/mol. The molecule has 7 nitrogen and oxygen atoms in total. The smallest absolute Gasteiger partial charge is 0.254 e. The molecule has 0 unspecified atom stereocenters. The average molecular weight is 344 g/mol. The Morgan fingerprint density at radius 3 is 3.04 bits per heavy atom. The number of rotatable bonds is 4. The molecule has 2 fully saturated rings. The summed E-state index contributed by atoms with van der Waals surface area (Å²) >= 11 is 0. The van der Waals surface area contributed by atoms with E-state index in [-0.39, 0.29) is 18.1 Å².